The van der Waals surface area contributed by atoms with Gasteiger partial charge in [-0.25, -0.2) is 19.2 Å². The fourth-order valence-electron chi connectivity index (χ4n) is 0.611. The van der Waals surface area contributed by atoms with E-state index in [1.165, 1.54) is 0 Å². The van der Waals surface area contributed by atoms with Crippen LogP contribution in [-0.4, -0.2) is 44.3 Å². The standard InChI is InChI=1S/2C6H7NO4/c2*7-4(6(10)11)2-1-3-5(8)9/h2*1-3H,7H2,(H,8,9)(H,10,11). The number of rotatable bonds is 6. The fraction of sp³-hybridized carbons (Fsp3) is 0. The van der Waals surface area contributed by atoms with Gasteiger partial charge in [0.25, 0.3) is 0 Å². The number of allylic oxidation sites excluding steroid dienone is 4. The minimum absolute atomic E-state index is 0.400. The average molecular weight is 314 g/mol. The zero-order valence-corrected chi connectivity index (χ0v) is 11.0. The van der Waals surface area contributed by atoms with Crippen LogP contribution in [0.2, 0.25) is 0 Å². The van der Waals surface area contributed by atoms with Gasteiger partial charge in [-0.1, -0.05) is 12.2 Å². The number of aliphatic carboxylic acids is 4. The molecule has 0 spiro atoms. The molecule has 0 aliphatic heterocycles. The highest BCUT2D eigenvalue weighted by molar-refractivity contribution is 5.87. The molecule has 0 aromatic heterocycles. The van der Waals surface area contributed by atoms with Gasteiger partial charge in [-0.2, -0.15) is 0 Å². The van der Waals surface area contributed by atoms with Gasteiger partial charge in [-0.15, -0.1) is 0 Å². The second kappa shape index (κ2) is 11.3. The SMILES string of the molecule is NC(=CC=CC(=O)O)C(=O)O.NC(=CC=CC(=O)O)C(=O)O. The second-order valence-electron chi connectivity index (χ2n) is 3.25. The minimum atomic E-state index is -1.28. The molecule has 0 rings (SSSR count). The smallest absolute Gasteiger partial charge is 0.351 e. The Labute approximate surface area is 124 Å². The Morgan fingerprint density at radius 3 is 1.09 bits per heavy atom. The molecule has 120 valence electrons. The Bertz CT molecular complexity index is 507. The van der Waals surface area contributed by atoms with E-state index in [9.17, 15) is 19.2 Å². The van der Waals surface area contributed by atoms with Crippen LogP contribution in [0.15, 0.2) is 47.9 Å². The van der Waals surface area contributed by atoms with Crippen LogP contribution in [0, 0.1) is 0 Å². The maximum atomic E-state index is 10.0. The Hall–Kier alpha value is -3.56. The summed E-state index contributed by atoms with van der Waals surface area (Å²) in [4.78, 5) is 39.7. The van der Waals surface area contributed by atoms with Gasteiger partial charge >= 0.3 is 23.9 Å². The van der Waals surface area contributed by atoms with Gasteiger partial charge in [0.15, 0.2) is 0 Å². The molecule has 0 atom stereocenters. The molecular formula is C12H14N2O8. The lowest BCUT2D eigenvalue weighted by Gasteiger charge is -1.86. The number of carboxylic acid groups (broad SMARTS) is 4. The fourth-order valence-corrected chi connectivity index (χ4v) is 0.611. The van der Waals surface area contributed by atoms with Gasteiger partial charge in [0.2, 0.25) is 0 Å². The molecule has 0 unspecified atom stereocenters. The molecule has 10 nitrogen and oxygen atoms in total. The zero-order valence-electron chi connectivity index (χ0n) is 11.0. The molecule has 0 aromatic rings. The normalized spacial score (nSPS) is 11.8. The molecule has 10 heteroatoms. The van der Waals surface area contributed by atoms with E-state index in [0.29, 0.717) is 0 Å². The molecule has 0 aromatic carbocycles. The van der Waals surface area contributed by atoms with Crippen LogP contribution < -0.4 is 11.5 Å². The molecule has 8 N–H and O–H groups in total. The lowest BCUT2D eigenvalue weighted by atomic mass is 10.4. The van der Waals surface area contributed by atoms with Gasteiger partial charge in [-0.3, -0.25) is 0 Å². The van der Waals surface area contributed by atoms with Gasteiger partial charge in [0.05, 0.1) is 0 Å². The average Bonchev–Trinajstić information content (AvgIpc) is 2.38. The molecule has 0 aliphatic carbocycles. The Morgan fingerprint density at radius 2 is 0.909 bits per heavy atom. The molecule has 0 heterocycles. The first-order chi connectivity index (χ1) is 10.1. The summed E-state index contributed by atoms with van der Waals surface area (Å²) in [5.41, 5.74) is 9.04. The summed E-state index contributed by atoms with van der Waals surface area (Å²) in [6.45, 7) is 0. The Morgan fingerprint density at radius 1 is 0.636 bits per heavy atom. The van der Waals surface area contributed by atoms with E-state index in [2.05, 4.69) is 0 Å². The summed E-state index contributed by atoms with van der Waals surface area (Å²) >= 11 is 0. The Balaban J connectivity index is 0. The maximum Gasteiger partial charge on any atom is 0.351 e. The highest BCUT2D eigenvalue weighted by Gasteiger charge is 1.97. The van der Waals surface area contributed by atoms with Crippen molar-refractivity contribution in [2.24, 2.45) is 11.5 Å². The number of hydrogen-bond donors (Lipinski definition) is 6. The van der Waals surface area contributed by atoms with E-state index < -0.39 is 35.3 Å². The predicted molar refractivity (Wildman–Crippen MR) is 73.4 cm³/mol. The van der Waals surface area contributed by atoms with Crippen LogP contribution in [-0.2, 0) is 19.2 Å². The van der Waals surface area contributed by atoms with Crippen molar-refractivity contribution in [3.05, 3.63) is 47.9 Å². The largest absolute Gasteiger partial charge is 0.478 e. The van der Waals surface area contributed by atoms with Crippen molar-refractivity contribution in [1.29, 1.82) is 0 Å². The molecule has 22 heavy (non-hydrogen) atoms. The summed E-state index contributed by atoms with van der Waals surface area (Å²) in [7, 11) is 0. The Kier molecular flexibility index (Phi) is 10.6. The van der Waals surface area contributed by atoms with Crippen LogP contribution in [0.1, 0.15) is 0 Å². The van der Waals surface area contributed by atoms with Crippen molar-refractivity contribution >= 4 is 23.9 Å². The summed E-state index contributed by atoms with van der Waals surface area (Å²) in [6.07, 6.45) is 5.66. The maximum absolute atomic E-state index is 10.0. The molecule has 0 radical (unpaired) electrons. The first-order valence-electron chi connectivity index (χ1n) is 5.28. The molecule has 0 saturated heterocycles. The molecule has 0 amide bonds. The van der Waals surface area contributed by atoms with E-state index in [4.69, 9.17) is 31.9 Å². The van der Waals surface area contributed by atoms with Gasteiger partial charge in [0, 0.05) is 12.2 Å². The van der Waals surface area contributed by atoms with E-state index >= 15 is 0 Å². The second-order valence-corrected chi connectivity index (χ2v) is 3.25. The van der Waals surface area contributed by atoms with Crippen LogP contribution in [0.5, 0.6) is 0 Å². The van der Waals surface area contributed by atoms with Crippen molar-refractivity contribution in [2.45, 2.75) is 0 Å². The van der Waals surface area contributed by atoms with E-state index in [0.717, 1.165) is 36.5 Å². The van der Waals surface area contributed by atoms with Crippen LogP contribution in [0.3, 0.4) is 0 Å². The van der Waals surface area contributed by atoms with Crippen LogP contribution >= 0.6 is 0 Å². The first-order valence-corrected chi connectivity index (χ1v) is 5.28. The topological polar surface area (TPSA) is 201 Å². The van der Waals surface area contributed by atoms with Crippen LogP contribution in [0.25, 0.3) is 0 Å². The number of carbonyl (C=O) groups is 4. The minimum Gasteiger partial charge on any atom is -0.478 e. The number of hydrogen-bond acceptors (Lipinski definition) is 6. The zero-order chi connectivity index (χ0) is 17.7. The third-order valence-corrected chi connectivity index (χ3v) is 1.52. The summed E-state index contributed by atoms with van der Waals surface area (Å²) < 4.78 is 0. The van der Waals surface area contributed by atoms with Gasteiger partial charge in [0.1, 0.15) is 11.4 Å². The van der Waals surface area contributed by atoms with Gasteiger partial charge in [-0.05, 0) is 12.2 Å². The number of nitrogens with two attached hydrogens (primary N) is 2. The molecule has 0 bridgehead atoms. The lowest BCUT2D eigenvalue weighted by Crippen LogP contribution is -2.08. The molecular weight excluding hydrogens is 300 g/mol. The monoisotopic (exact) mass is 314 g/mol. The summed E-state index contributed by atoms with van der Waals surface area (Å²) in [6, 6.07) is 0. The van der Waals surface area contributed by atoms with Crippen molar-refractivity contribution < 1.29 is 39.6 Å². The molecule has 0 saturated carbocycles. The van der Waals surface area contributed by atoms with E-state index in [1.54, 1.807) is 0 Å². The molecule has 0 fully saturated rings. The first kappa shape index (κ1) is 20.8. The molecule has 0 aliphatic rings. The van der Waals surface area contributed by atoms with E-state index in [1.807, 2.05) is 0 Å². The van der Waals surface area contributed by atoms with Crippen LogP contribution in [0.4, 0.5) is 0 Å². The van der Waals surface area contributed by atoms with Crippen molar-refractivity contribution in [3.63, 3.8) is 0 Å². The van der Waals surface area contributed by atoms with Crippen molar-refractivity contribution in [1.82, 2.24) is 0 Å². The quantitative estimate of drug-likeness (QED) is 0.263. The lowest BCUT2D eigenvalue weighted by molar-refractivity contribution is -0.133. The summed E-state index contributed by atoms with van der Waals surface area (Å²) in [5, 5.41) is 32.5. The predicted octanol–water partition coefficient (Wildman–Crippen LogP) is -0.891. The van der Waals surface area contributed by atoms with Crippen molar-refractivity contribution in [3.8, 4) is 0 Å². The summed E-state index contributed by atoms with van der Waals surface area (Å²) in [5.74, 6) is -4.86. The van der Waals surface area contributed by atoms with Gasteiger partial charge < -0.3 is 31.9 Å². The van der Waals surface area contributed by atoms with Crippen molar-refractivity contribution in [2.75, 3.05) is 0 Å². The van der Waals surface area contributed by atoms with E-state index in [-0.39, 0.29) is 0 Å². The third kappa shape index (κ3) is 14.5. The number of carboxylic acids is 4. The highest BCUT2D eigenvalue weighted by Crippen LogP contribution is 1.85. The third-order valence-electron chi connectivity index (χ3n) is 1.52. The highest BCUT2D eigenvalue weighted by atomic mass is 16.4.